The molecule has 0 saturated carbocycles. The second-order valence-corrected chi connectivity index (χ2v) is 6.38. The molecule has 162 valence electrons. The lowest BCUT2D eigenvalue weighted by atomic mass is 10.1. The van der Waals surface area contributed by atoms with E-state index in [-0.39, 0.29) is 30.4 Å². The first-order chi connectivity index (χ1) is 14.7. The quantitative estimate of drug-likeness (QED) is 0.540. The summed E-state index contributed by atoms with van der Waals surface area (Å²) < 4.78 is 49.5. The molecule has 3 aromatic rings. The molecular formula is C19H18F3N7O2. The van der Waals surface area contributed by atoms with E-state index < -0.39 is 11.9 Å². The number of methoxy groups -OCH3 is 1. The average Bonchev–Trinajstić information content (AvgIpc) is 2.70. The number of nitrogens with one attached hydrogen (secondary N) is 1. The fraction of sp³-hybridized carbons (Fsp3) is 0.316. The summed E-state index contributed by atoms with van der Waals surface area (Å²) in [5.41, 5.74) is 5.10. The summed E-state index contributed by atoms with van der Waals surface area (Å²) in [7, 11) is 1.52. The molecule has 0 aliphatic heterocycles. The number of aryl methyl sites for hydroxylation is 1. The largest absolute Gasteiger partial charge is 0.490 e. The van der Waals surface area contributed by atoms with Gasteiger partial charge in [-0.3, -0.25) is 0 Å². The molecule has 0 amide bonds. The van der Waals surface area contributed by atoms with Crippen molar-refractivity contribution in [3.8, 4) is 11.8 Å². The zero-order valence-corrected chi connectivity index (χ0v) is 16.6. The molecule has 31 heavy (non-hydrogen) atoms. The molecule has 0 fully saturated rings. The van der Waals surface area contributed by atoms with Gasteiger partial charge in [-0.2, -0.15) is 18.4 Å². The molecule has 0 saturated heterocycles. The first-order valence-electron chi connectivity index (χ1n) is 9.00. The molecule has 0 unspecified atom stereocenters. The van der Waals surface area contributed by atoms with Gasteiger partial charge in [0.25, 0.3) is 0 Å². The highest BCUT2D eigenvalue weighted by Crippen LogP contribution is 2.30. The van der Waals surface area contributed by atoms with Crippen LogP contribution >= 0.6 is 0 Å². The van der Waals surface area contributed by atoms with Crippen molar-refractivity contribution in [1.29, 1.82) is 5.26 Å². The number of fused-ring (bicyclic) bond motifs is 1. The van der Waals surface area contributed by atoms with Crippen LogP contribution in [0.2, 0.25) is 0 Å². The number of halogens is 3. The number of hydrogen-bond donors (Lipinski definition) is 2. The van der Waals surface area contributed by atoms with Gasteiger partial charge in [0.15, 0.2) is 0 Å². The summed E-state index contributed by atoms with van der Waals surface area (Å²) in [5, 5.41) is 12.8. The third kappa shape index (κ3) is 5.26. The van der Waals surface area contributed by atoms with Gasteiger partial charge >= 0.3 is 6.18 Å². The Morgan fingerprint density at radius 2 is 1.90 bits per heavy atom. The number of anilines is 2. The molecule has 9 nitrogen and oxygen atoms in total. The van der Waals surface area contributed by atoms with Gasteiger partial charge in [0.1, 0.15) is 47.4 Å². The van der Waals surface area contributed by atoms with E-state index in [1.807, 2.05) is 0 Å². The molecule has 3 N–H and O–H groups in total. The lowest BCUT2D eigenvalue weighted by Gasteiger charge is -2.13. The van der Waals surface area contributed by atoms with Crippen LogP contribution in [0.4, 0.5) is 24.8 Å². The second kappa shape index (κ2) is 8.97. The molecule has 0 aliphatic carbocycles. The maximum atomic E-state index is 13.0. The van der Waals surface area contributed by atoms with Crippen LogP contribution in [0.5, 0.6) is 5.75 Å². The van der Waals surface area contributed by atoms with Crippen LogP contribution in [0.3, 0.4) is 0 Å². The number of benzene rings is 1. The van der Waals surface area contributed by atoms with Crippen LogP contribution in [0.25, 0.3) is 10.9 Å². The molecule has 2 heterocycles. The molecule has 1 aromatic carbocycles. The van der Waals surface area contributed by atoms with E-state index >= 15 is 0 Å². The van der Waals surface area contributed by atoms with Crippen molar-refractivity contribution in [3.63, 3.8) is 0 Å². The van der Waals surface area contributed by atoms with Crippen molar-refractivity contribution in [3.05, 3.63) is 41.1 Å². The zero-order chi connectivity index (χ0) is 22.6. The van der Waals surface area contributed by atoms with Crippen LogP contribution < -0.4 is 15.8 Å². The molecule has 12 heteroatoms. The van der Waals surface area contributed by atoms with Crippen LogP contribution in [0.15, 0.2) is 18.2 Å². The lowest BCUT2D eigenvalue weighted by molar-refractivity contribution is -0.141. The Morgan fingerprint density at radius 1 is 1.13 bits per heavy atom. The standard InChI is InChI=1S/C19H18F3N7O2/c1-10-26-13-5-11(8-23)14(31-4-3-30-2)6-12(13)18(27-10)25-9-17-28-15(19(20,21)22)7-16(24)29-17/h5-7H,3-4,9H2,1-2H3,(H2,24,28,29)(H,25,26,27). The smallest absolute Gasteiger partial charge is 0.433 e. The van der Waals surface area contributed by atoms with E-state index in [1.165, 1.54) is 7.11 Å². The summed E-state index contributed by atoms with van der Waals surface area (Å²) in [6, 6.07) is 5.86. The van der Waals surface area contributed by atoms with Crippen LogP contribution in [-0.4, -0.2) is 40.3 Å². The SMILES string of the molecule is COCCOc1cc2c(NCc3nc(N)cc(C(F)(F)F)n3)nc(C)nc2cc1C#N. The summed E-state index contributed by atoms with van der Waals surface area (Å²) in [5.74, 6) is 0.582. The number of alkyl halides is 3. The van der Waals surface area contributed by atoms with Gasteiger partial charge < -0.3 is 20.5 Å². The van der Waals surface area contributed by atoms with E-state index in [2.05, 4.69) is 31.3 Å². The van der Waals surface area contributed by atoms with Crippen molar-refractivity contribution in [1.82, 2.24) is 19.9 Å². The Morgan fingerprint density at radius 3 is 2.58 bits per heavy atom. The van der Waals surface area contributed by atoms with Gasteiger partial charge in [-0.25, -0.2) is 19.9 Å². The molecule has 0 bridgehead atoms. The number of nitrogen functional groups attached to an aromatic ring is 1. The highest BCUT2D eigenvalue weighted by Gasteiger charge is 2.33. The Hall–Kier alpha value is -3.72. The molecule has 0 radical (unpaired) electrons. The molecular weight excluding hydrogens is 415 g/mol. The van der Waals surface area contributed by atoms with Gasteiger partial charge in [0, 0.05) is 18.6 Å². The van der Waals surface area contributed by atoms with Crippen LogP contribution in [0, 0.1) is 18.3 Å². The molecule has 0 atom stereocenters. The lowest BCUT2D eigenvalue weighted by Crippen LogP contribution is -2.15. The second-order valence-electron chi connectivity index (χ2n) is 6.38. The minimum absolute atomic E-state index is 0.151. The first kappa shape index (κ1) is 22.0. The highest BCUT2D eigenvalue weighted by molar-refractivity contribution is 5.91. The molecule has 0 aliphatic rings. The minimum Gasteiger partial charge on any atom is -0.490 e. The van der Waals surface area contributed by atoms with Gasteiger partial charge in [0.05, 0.1) is 24.2 Å². The number of nitrogens with zero attached hydrogens (tertiary/aromatic N) is 5. The topological polar surface area (TPSA) is 132 Å². The summed E-state index contributed by atoms with van der Waals surface area (Å²) in [6.45, 7) is 2.04. The van der Waals surface area contributed by atoms with E-state index in [0.29, 0.717) is 41.0 Å². The average molecular weight is 433 g/mol. The molecule has 2 aromatic heterocycles. The van der Waals surface area contributed by atoms with Crippen molar-refractivity contribution < 1.29 is 22.6 Å². The maximum absolute atomic E-state index is 13.0. The Bertz CT molecular complexity index is 1150. The maximum Gasteiger partial charge on any atom is 0.433 e. The van der Waals surface area contributed by atoms with Crippen LogP contribution in [-0.2, 0) is 17.5 Å². The fourth-order valence-electron chi connectivity index (χ4n) is 2.75. The van der Waals surface area contributed by atoms with E-state index in [4.69, 9.17) is 15.2 Å². The van der Waals surface area contributed by atoms with E-state index in [0.717, 1.165) is 0 Å². The van der Waals surface area contributed by atoms with Gasteiger partial charge in [-0.1, -0.05) is 0 Å². The van der Waals surface area contributed by atoms with E-state index in [9.17, 15) is 18.4 Å². The minimum atomic E-state index is -4.65. The van der Waals surface area contributed by atoms with Crippen molar-refractivity contribution >= 4 is 22.5 Å². The summed E-state index contributed by atoms with van der Waals surface area (Å²) in [4.78, 5) is 16.0. The van der Waals surface area contributed by atoms with Crippen molar-refractivity contribution in [2.45, 2.75) is 19.6 Å². The number of aromatic nitrogens is 4. The normalized spacial score (nSPS) is 11.4. The van der Waals surface area contributed by atoms with Gasteiger partial charge in [-0.15, -0.1) is 0 Å². The molecule has 0 spiro atoms. The monoisotopic (exact) mass is 433 g/mol. The predicted molar refractivity (Wildman–Crippen MR) is 105 cm³/mol. The van der Waals surface area contributed by atoms with Crippen molar-refractivity contribution in [2.24, 2.45) is 0 Å². The van der Waals surface area contributed by atoms with Crippen molar-refractivity contribution in [2.75, 3.05) is 31.4 Å². The molecule has 3 rings (SSSR count). The zero-order valence-electron chi connectivity index (χ0n) is 16.6. The Kier molecular flexibility index (Phi) is 6.36. The third-order valence-electron chi connectivity index (χ3n) is 4.07. The fourth-order valence-corrected chi connectivity index (χ4v) is 2.75. The number of rotatable bonds is 7. The third-order valence-corrected chi connectivity index (χ3v) is 4.07. The number of nitrogens with two attached hydrogens (primary N) is 1. The number of hydrogen-bond acceptors (Lipinski definition) is 9. The Labute approximate surface area is 175 Å². The summed E-state index contributed by atoms with van der Waals surface area (Å²) in [6.07, 6.45) is -4.65. The highest BCUT2D eigenvalue weighted by atomic mass is 19.4. The Balaban J connectivity index is 1.96. The van der Waals surface area contributed by atoms with Crippen LogP contribution in [0.1, 0.15) is 22.9 Å². The number of ether oxygens (including phenoxy) is 2. The van der Waals surface area contributed by atoms with E-state index in [1.54, 1.807) is 19.1 Å². The van der Waals surface area contributed by atoms with Gasteiger partial charge in [-0.05, 0) is 19.1 Å². The number of nitriles is 1. The predicted octanol–water partition coefficient (Wildman–Crippen LogP) is 2.84. The summed E-state index contributed by atoms with van der Waals surface area (Å²) >= 11 is 0. The van der Waals surface area contributed by atoms with Gasteiger partial charge in [0.2, 0.25) is 0 Å². The first-order valence-corrected chi connectivity index (χ1v) is 9.00.